The average Bonchev–Trinajstić information content (AvgIpc) is 1.90. The second kappa shape index (κ2) is 3.55. The molecule has 0 radical (unpaired) electrons. The minimum Gasteiger partial charge on any atom is -0.477 e. The molecule has 0 unspecified atom stereocenters. The Hall–Kier alpha value is 0.410. The molecule has 0 bridgehead atoms. The molecule has 0 fully saturated rings. The van der Waals surface area contributed by atoms with E-state index in [1.807, 2.05) is 6.08 Å². The molecule has 0 amide bonds. The van der Waals surface area contributed by atoms with Gasteiger partial charge in [-0.25, -0.2) is 4.79 Å². The molecule has 1 rings (SSSR count). The van der Waals surface area contributed by atoms with Crippen molar-refractivity contribution in [2.24, 2.45) is 0 Å². The number of aliphatic carboxylic acids is 1. The molecule has 9 heavy (non-hydrogen) atoms. The van der Waals surface area contributed by atoms with Gasteiger partial charge in [0.25, 0.3) is 0 Å². The van der Waals surface area contributed by atoms with Crippen LogP contribution in [-0.2, 0) is 4.79 Å². The Bertz CT molecular complexity index is 215. The Morgan fingerprint density at radius 1 is 1.67 bits per heavy atom. The summed E-state index contributed by atoms with van der Waals surface area (Å²) in [5, 5.41) is 8.48. The molecule has 2 nitrogen and oxygen atoms in total. The summed E-state index contributed by atoms with van der Waals surface area (Å²) in [6.45, 7) is 0. The molecule has 0 aromatic heterocycles. The van der Waals surface area contributed by atoms with Crippen LogP contribution in [0.5, 0.6) is 0 Å². The molecule has 4 heteroatoms. The molecule has 50 valence electrons. The molecule has 0 aliphatic carbocycles. The Morgan fingerprint density at radius 3 is 2.78 bits per heavy atom. The van der Waals surface area contributed by atoms with Gasteiger partial charge in [0.15, 0.2) is 0 Å². The van der Waals surface area contributed by atoms with E-state index in [9.17, 15) is 4.79 Å². The van der Waals surface area contributed by atoms with Crippen LogP contribution in [0.15, 0.2) is 19.8 Å². The molecule has 1 heterocycles. The Morgan fingerprint density at radius 2 is 2.44 bits per heavy atom. The number of halogens is 2. The summed E-state index contributed by atoms with van der Waals surface area (Å²) in [5.41, 5.74) is 0. The summed E-state index contributed by atoms with van der Waals surface area (Å²) in [7, 11) is 0. The summed E-state index contributed by atoms with van der Waals surface area (Å²) in [4.78, 5) is 10.3. The van der Waals surface area contributed by atoms with Crippen LogP contribution < -0.4 is 0 Å². The van der Waals surface area contributed by atoms with E-state index in [4.69, 9.17) is 5.11 Å². The molecule has 1 N–H and O–H groups in total. The fraction of sp³-hybridized carbons (Fsp3) is 0. The van der Waals surface area contributed by atoms with Gasteiger partial charge >= 0.3 is 5.97 Å². The third-order valence-corrected chi connectivity index (χ3v) is 9.22. The van der Waals surface area contributed by atoms with Crippen molar-refractivity contribution < 1.29 is 9.90 Å². The Labute approximate surface area is 68.3 Å². The zero-order valence-electron chi connectivity index (χ0n) is 4.34. The zero-order valence-corrected chi connectivity index (χ0v) is 8.66. The van der Waals surface area contributed by atoms with E-state index in [2.05, 4.69) is 4.08 Å². The van der Waals surface area contributed by atoms with Crippen molar-refractivity contribution in [2.45, 2.75) is 0 Å². The normalized spacial score (nSPS) is 17.1. The van der Waals surface area contributed by atoms with Crippen LogP contribution in [-0.4, -0.2) is 11.1 Å². The zero-order chi connectivity index (χ0) is 6.69. The van der Waals surface area contributed by atoms with Gasteiger partial charge in [0.2, 0.25) is 0 Å². The van der Waals surface area contributed by atoms with Gasteiger partial charge in [-0.1, -0.05) is 22.7 Å². The van der Waals surface area contributed by atoms with Crippen LogP contribution in [0.1, 0.15) is 0 Å². The lowest BCUT2D eigenvalue weighted by molar-refractivity contribution is -0.131. The number of hydrogen-bond donors (Lipinski definition) is 1. The van der Waals surface area contributed by atoms with Crippen LogP contribution in [0.25, 0.3) is 0 Å². The fourth-order valence-corrected chi connectivity index (χ4v) is 7.36. The molecular formula is C5H4I2O2. The van der Waals surface area contributed by atoms with Crippen LogP contribution in [0, 0.1) is 0 Å². The minimum absolute atomic E-state index is 0.107. The van der Waals surface area contributed by atoms with E-state index in [0.717, 1.165) is 0 Å². The smallest absolute Gasteiger partial charge is 0.341 e. The van der Waals surface area contributed by atoms with E-state index in [0.29, 0.717) is 3.58 Å². The van der Waals surface area contributed by atoms with Crippen molar-refractivity contribution in [1.82, 2.24) is 0 Å². The first-order valence-corrected chi connectivity index (χ1v) is 10.8. The quantitative estimate of drug-likeness (QED) is 0.738. The first kappa shape index (κ1) is 7.52. The van der Waals surface area contributed by atoms with Crippen molar-refractivity contribution in [3.05, 3.63) is 19.8 Å². The number of carboxylic acids is 1. The van der Waals surface area contributed by atoms with Crippen molar-refractivity contribution in [2.75, 3.05) is 0 Å². The SMILES string of the molecule is O=C(O)C1=CC=CI=I1. The van der Waals surface area contributed by atoms with E-state index in [1.165, 1.54) is 0 Å². The predicted molar refractivity (Wildman–Crippen MR) is 52.9 cm³/mol. The summed E-state index contributed by atoms with van der Waals surface area (Å²) in [5.74, 6) is -0.716. The first-order chi connectivity index (χ1) is 4.30. The van der Waals surface area contributed by atoms with Gasteiger partial charge in [-0.2, -0.15) is 0 Å². The lowest BCUT2D eigenvalue weighted by atomic mass is 10.5. The van der Waals surface area contributed by atoms with Crippen molar-refractivity contribution >= 4 is 39.2 Å². The third kappa shape index (κ3) is 2.24. The van der Waals surface area contributed by atoms with E-state index >= 15 is 0 Å². The highest BCUT2D eigenvalue weighted by Crippen LogP contribution is 2.31. The van der Waals surface area contributed by atoms with Crippen LogP contribution in [0.2, 0.25) is 0 Å². The van der Waals surface area contributed by atoms with Crippen LogP contribution >= 0.6 is 33.2 Å². The second-order valence-electron chi connectivity index (χ2n) is 1.29. The number of allylic oxidation sites excluding steroid dienone is 2. The number of carbonyl (C=O) groups is 1. The second-order valence-corrected chi connectivity index (χ2v) is 9.95. The summed E-state index contributed by atoms with van der Waals surface area (Å²) in [6.07, 6.45) is 3.58. The van der Waals surface area contributed by atoms with Gasteiger partial charge in [-0.3, -0.25) is 0 Å². The molecule has 0 spiro atoms. The highest BCUT2D eigenvalue weighted by molar-refractivity contribution is 14.8. The topological polar surface area (TPSA) is 37.3 Å². The summed E-state index contributed by atoms with van der Waals surface area (Å²) < 4.78 is 2.79. The number of hydrogen-bond acceptors (Lipinski definition) is 1. The largest absolute Gasteiger partial charge is 0.477 e. The van der Waals surface area contributed by atoms with Gasteiger partial charge in [-0.15, -0.1) is 0 Å². The van der Waals surface area contributed by atoms with Gasteiger partial charge in [0.1, 0.15) is 0 Å². The van der Waals surface area contributed by atoms with Gasteiger partial charge in [-0.05, 0) is 26.8 Å². The Balaban J connectivity index is 2.84. The predicted octanol–water partition coefficient (Wildman–Crippen LogP) is 2.34. The van der Waals surface area contributed by atoms with Gasteiger partial charge < -0.3 is 5.11 Å². The van der Waals surface area contributed by atoms with Crippen molar-refractivity contribution in [3.8, 4) is 0 Å². The third-order valence-electron chi connectivity index (χ3n) is 0.685. The van der Waals surface area contributed by atoms with Gasteiger partial charge in [0, 0.05) is 0 Å². The Kier molecular flexibility index (Phi) is 2.96. The highest BCUT2D eigenvalue weighted by atomic mass is 128. The fourth-order valence-electron chi connectivity index (χ4n) is 0.342. The standard InChI is InChI=1S/C5H4I2O2/c8-5(9)4-2-1-3-6-7-4/h1-3H,(H,8,9). The maximum atomic E-state index is 10.3. The monoisotopic (exact) mass is 350 g/mol. The minimum atomic E-state index is -0.716. The maximum Gasteiger partial charge on any atom is 0.341 e. The van der Waals surface area contributed by atoms with Crippen LogP contribution in [0.4, 0.5) is 0 Å². The molecular weight excluding hydrogens is 346 g/mol. The van der Waals surface area contributed by atoms with Gasteiger partial charge in [0.05, 0.1) is 3.58 Å². The molecule has 1 aliphatic heterocycles. The van der Waals surface area contributed by atoms with E-state index in [1.54, 1.807) is 6.08 Å². The average molecular weight is 350 g/mol. The molecule has 0 saturated heterocycles. The van der Waals surface area contributed by atoms with E-state index in [-0.39, 0.29) is 33.2 Å². The number of rotatable bonds is 1. The molecule has 0 atom stereocenters. The van der Waals surface area contributed by atoms with Crippen molar-refractivity contribution in [3.63, 3.8) is 0 Å². The van der Waals surface area contributed by atoms with E-state index < -0.39 is 5.97 Å². The first-order valence-electron chi connectivity index (χ1n) is 2.18. The number of carboxylic acid groups (broad SMARTS) is 1. The highest BCUT2D eigenvalue weighted by Gasteiger charge is 2.02. The summed E-state index contributed by atoms with van der Waals surface area (Å²) >= 11 is 0.0146. The van der Waals surface area contributed by atoms with Crippen molar-refractivity contribution in [1.29, 1.82) is 0 Å². The molecule has 0 aromatic rings. The molecule has 1 aliphatic rings. The molecule has 0 aromatic carbocycles. The molecule has 0 saturated carbocycles. The maximum absolute atomic E-state index is 10.3. The van der Waals surface area contributed by atoms with Crippen LogP contribution in [0.3, 0.4) is 0 Å². The lowest BCUT2D eigenvalue weighted by Gasteiger charge is -1.91. The lowest BCUT2D eigenvalue weighted by Crippen LogP contribution is -1.92. The summed E-state index contributed by atoms with van der Waals surface area (Å²) in [6, 6.07) is 0.